The van der Waals surface area contributed by atoms with Crippen molar-refractivity contribution >= 4 is 23.7 Å². The van der Waals surface area contributed by atoms with E-state index >= 15 is 0 Å². The highest BCUT2D eigenvalue weighted by Crippen LogP contribution is 2.12. The Bertz CT molecular complexity index is 801. The summed E-state index contributed by atoms with van der Waals surface area (Å²) in [5.41, 5.74) is 11.8. The minimum atomic E-state index is -1.40. The molecular formula is C21H33N5O7. The first-order valence-electron chi connectivity index (χ1n) is 10.6. The lowest BCUT2D eigenvalue weighted by Gasteiger charge is -2.25. The molecule has 4 unspecified atom stereocenters. The summed E-state index contributed by atoms with van der Waals surface area (Å²) < 4.78 is 0. The minimum Gasteiger partial charge on any atom is -0.508 e. The van der Waals surface area contributed by atoms with Crippen molar-refractivity contribution in [3.8, 4) is 5.75 Å². The molecule has 1 rings (SSSR count). The van der Waals surface area contributed by atoms with Crippen LogP contribution in [0.5, 0.6) is 5.75 Å². The molecule has 1 aromatic rings. The third kappa shape index (κ3) is 10.3. The lowest BCUT2D eigenvalue weighted by Crippen LogP contribution is -2.59. The average Bonchev–Trinajstić information content (AvgIpc) is 2.76. The molecule has 0 spiro atoms. The molecule has 4 atom stereocenters. The standard InChI is InChI=1S/C21H33N5O7/c1-12(27)18(26-19(31)15(23)4-2-3-9-22)21(33)25-16(20(32)24-11-17(29)30)10-13-5-7-14(28)8-6-13/h5-8,12,15-16,18,27-28H,2-4,9-11,22-23H2,1H3,(H,24,32)(H,25,33)(H,26,31)(H,29,30). The van der Waals surface area contributed by atoms with Crippen LogP contribution in [-0.2, 0) is 25.6 Å². The summed E-state index contributed by atoms with van der Waals surface area (Å²) in [4.78, 5) is 48.5. The van der Waals surface area contributed by atoms with E-state index in [0.717, 1.165) is 0 Å². The second-order valence-electron chi connectivity index (χ2n) is 7.66. The van der Waals surface area contributed by atoms with Crippen molar-refractivity contribution in [3.05, 3.63) is 29.8 Å². The summed E-state index contributed by atoms with van der Waals surface area (Å²) in [6.07, 6.45) is 0.317. The summed E-state index contributed by atoms with van der Waals surface area (Å²) >= 11 is 0. The van der Waals surface area contributed by atoms with Crippen LogP contribution in [0.4, 0.5) is 0 Å². The molecule has 0 fully saturated rings. The number of amides is 3. The van der Waals surface area contributed by atoms with Gasteiger partial charge in [0.25, 0.3) is 0 Å². The third-order valence-electron chi connectivity index (χ3n) is 4.79. The summed E-state index contributed by atoms with van der Waals surface area (Å²) in [6.45, 7) is 1.10. The van der Waals surface area contributed by atoms with Crippen molar-refractivity contribution in [2.24, 2.45) is 11.5 Å². The molecule has 0 aromatic heterocycles. The predicted molar refractivity (Wildman–Crippen MR) is 119 cm³/mol. The van der Waals surface area contributed by atoms with E-state index in [1.807, 2.05) is 0 Å². The van der Waals surface area contributed by atoms with Gasteiger partial charge in [-0.2, -0.15) is 0 Å². The number of phenols is 1. The molecular weight excluding hydrogens is 434 g/mol. The van der Waals surface area contributed by atoms with Gasteiger partial charge in [0.2, 0.25) is 17.7 Å². The van der Waals surface area contributed by atoms with Gasteiger partial charge in [-0.1, -0.05) is 18.6 Å². The van der Waals surface area contributed by atoms with Crippen LogP contribution in [-0.4, -0.2) is 76.3 Å². The SMILES string of the molecule is CC(O)C(NC(=O)C(N)CCCCN)C(=O)NC(Cc1ccc(O)cc1)C(=O)NCC(=O)O. The Hall–Kier alpha value is -3.22. The maximum atomic E-state index is 12.8. The van der Waals surface area contributed by atoms with Crippen LogP contribution in [0, 0.1) is 0 Å². The Morgan fingerprint density at radius 3 is 2.18 bits per heavy atom. The molecule has 12 heteroatoms. The first-order valence-corrected chi connectivity index (χ1v) is 10.6. The molecule has 0 saturated carbocycles. The van der Waals surface area contributed by atoms with Gasteiger partial charge >= 0.3 is 5.97 Å². The number of nitrogens with two attached hydrogens (primary N) is 2. The molecule has 0 bridgehead atoms. The second-order valence-corrected chi connectivity index (χ2v) is 7.66. The molecule has 184 valence electrons. The number of aliphatic carboxylic acids is 1. The number of aliphatic hydroxyl groups excluding tert-OH is 1. The van der Waals surface area contributed by atoms with E-state index in [1.54, 1.807) is 0 Å². The van der Waals surface area contributed by atoms with Crippen molar-refractivity contribution in [1.82, 2.24) is 16.0 Å². The van der Waals surface area contributed by atoms with Crippen molar-refractivity contribution in [1.29, 1.82) is 0 Å². The van der Waals surface area contributed by atoms with Crippen LogP contribution in [0.25, 0.3) is 0 Å². The van der Waals surface area contributed by atoms with Crippen molar-refractivity contribution < 1.29 is 34.5 Å². The molecule has 1 aromatic carbocycles. The fourth-order valence-electron chi connectivity index (χ4n) is 2.93. The number of aromatic hydroxyl groups is 1. The van der Waals surface area contributed by atoms with Crippen LogP contribution >= 0.6 is 0 Å². The fraction of sp³-hybridized carbons (Fsp3) is 0.524. The topological polar surface area (TPSA) is 217 Å². The number of hydrogen-bond acceptors (Lipinski definition) is 8. The van der Waals surface area contributed by atoms with Crippen molar-refractivity contribution in [2.45, 2.75) is 56.8 Å². The fourth-order valence-corrected chi connectivity index (χ4v) is 2.93. The predicted octanol–water partition coefficient (Wildman–Crippen LogP) is -2.06. The number of carboxylic acid groups (broad SMARTS) is 1. The van der Waals surface area contributed by atoms with Crippen molar-refractivity contribution in [2.75, 3.05) is 13.1 Å². The van der Waals surface area contributed by atoms with Gasteiger partial charge in [-0.3, -0.25) is 19.2 Å². The van der Waals surface area contributed by atoms with Gasteiger partial charge < -0.3 is 42.7 Å². The van der Waals surface area contributed by atoms with Crippen LogP contribution in [0.15, 0.2) is 24.3 Å². The molecule has 0 radical (unpaired) electrons. The average molecular weight is 468 g/mol. The minimum absolute atomic E-state index is 0.00866. The van der Waals surface area contributed by atoms with Gasteiger partial charge in [0.1, 0.15) is 24.4 Å². The number of carbonyl (C=O) groups excluding carboxylic acids is 3. The van der Waals surface area contributed by atoms with E-state index in [2.05, 4.69) is 16.0 Å². The van der Waals surface area contributed by atoms with E-state index < -0.39 is 54.5 Å². The van der Waals surface area contributed by atoms with E-state index in [4.69, 9.17) is 16.6 Å². The molecule has 12 nitrogen and oxygen atoms in total. The highest BCUT2D eigenvalue weighted by atomic mass is 16.4. The van der Waals surface area contributed by atoms with E-state index in [9.17, 15) is 29.4 Å². The third-order valence-corrected chi connectivity index (χ3v) is 4.79. The zero-order valence-corrected chi connectivity index (χ0v) is 18.5. The van der Waals surface area contributed by atoms with E-state index in [-0.39, 0.29) is 12.2 Å². The Labute approximate surface area is 191 Å². The van der Waals surface area contributed by atoms with Gasteiger partial charge in [0.05, 0.1) is 12.1 Å². The summed E-state index contributed by atoms with van der Waals surface area (Å²) in [7, 11) is 0. The number of unbranched alkanes of at least 4 members (excludes halogenated alkanes) is 1. The number of benzene rings is 1. The number of phenolic OH excluding ortho intramolecular Hbond substituents is 1. The quantitative estimate of drug-likeness (QED) is 0.141. The number of nitrogens with one attached hydrogen (secondary N) is 3. The van der Waals surface area contributed by atoms with Gasteiger partial charge in [-0.05, 0) is 44.0 Å². The summed E-state index contributed by atoms with van der Waals surface area (Å²) in [5, 5.41) is 35.3. The zero-order chi connectivity index (χ0) is 25.0. The molecule has 33 heavy (non-hydrogen) atoms. The van der Waals surface area contributed by atoms with E-state index in [1.165, 1.54) is 31.2 Å². The number of hydrogen-bond donors (Lipinski definition) is 8. The normalized spacial score (nSPS) is 14.4. The van der Waals surface area contributed by atoms with Gasteiger partial charge in [-0.25, -0.2) is 0 Å². The molecule has 0 aliphatic heterocycles. The number of aliphatic hydroxyl groups is 1. The molecule has 10 N–H and O–H groups in total. The number of carboxylic acids is 1. The first-order chi connectivity index (χ1) is 15.5. The summed E-state index contributed by atoms with van der Waals surface area (Å²) in [5.74, 6) is -3.52. The first kappa shape index (κ1) is 27.8. The lowest BCUT2D eigenvalue weighted by atomic mass is 10.0. The molecule has 0 aliphatic rings. The zero-order valence-electron chi connectivity index (χ0n) is 18.5. The monoisotopic (exact) mass is 467 g/mol. The molecule has 0 aliphatic carbocycles. The summed E-state index contributed by atoms with van der Waals surface area (Å²) in [6, 6.07) is 2.35. The lowest BCUT2D eigenvalue weighted by molar-refractivity contribution is -0.138. The number of carbonyl (C=O) groups is 4. The van der Waals surface area contributed by atoms with Crippen LogP contribution < -0.4 is 27.4 Å². The highest BCUT2D eigenvalue weighted by Gasteiger charge is 2.31. The Morgan fingerprint density at radius 2 is 1.64 bits per heavy atom. The maximum absolute atomic E-state index is 12.8. The Balaban J connectivity index is 2.92. The van der Waals surface area contributed by atoms with Crippen molar-refractivity contribution in [3.63, 3.8) is 0 Å². The highest BCUT2D eigenvalue weighted by molar-refractivity contribution is 5.94. The molecule has 0 heterocycles. The smallest absolute Gasteiger partial charge is 0.322 e. The van der Waals surface area contributed by atoms with Crippen LogP contribution in [0.3, 0.4) is 0 Å². The van der Waals surface area contributed by atoms with Gasteiger partial charge in [0, 0.05) is 6.42 Å². The Morgan fingerprint density at radius 1 is 1.00 bits per heavy atom. The van der Waals surface area contributed by atoms with Gasteiger partial charge in [0.15, 0.2) is 0 Å². The molecule has 0 saturated heterocycles. The van der Waals surface area contributed by atoms with Crippen LogP contribution in [0.2, 0.25) is 0 Å². The number of rotatable bonds is 14. The Kier molecular flexibility index (Phi) is 11.8. The van der Waals surface area contributed by atoms with E-state index in [0.29, 0.717) is 31.4 Å². The van der Waals surface area contributed by atoms with Crippen LogP contribution in [0.1, 0.15) is 31.7 Å². The molecule has 3 amide bonds. The van der Waals surface area contributed by atoms with Gasteiger partial charge in [-0.15, -0.1) is 0 Å². The largest absolute Gasteiger partial charge is 0.508 e. The maximum Gasteiger partial charge on any atom is 0.322 e. The second kappa shape index (κ2) is 14.0.